The van der Waals surface area contributed by atoms with Gasteiger partial charge in [-0.1, -0.05) is 18.2 Å². The van der Waals surface area contributed by atoms with Gasteiger partial charge >= 0.3 is 5.97 Å². The Morgan fingerprint density at radius 3 is 2.83 bits per heavy atom. The van der Waals surface area contributed by atoms with Crippen molar-refractivity contribution in [1.82, 2.24) is 5.32 Å². The zero-order valence-electron chi connectivity index (χ0n) is 10.8. The number of hydrogen-bond donors (Lipinski definition) is 1. The Morgan fingerprint density at radius 1 is 1.33 bits per heavy atom. The van der Waals surface area contributed by atoms with Crippen molar-refractivity contribution >= 4 is 5.97 Å². The quantitative estimate of drug-likeness (QED) is 0.826. The predicted molar refractivity (Wildman–Crippen MR) is 68.7 cm³/mol. The third-order valence-electron chi connectivity index (χ3n) is 3.52. The molecule has 0 bridgehead atoms. The van der Waals surface area contributed by atoms with Gasteiger partial charge in [-0.15, -0.1) is 0 Å². The van der Waals surface area contributed by atoms with E-state index in [-0.39, 0.29) is 17.8 Å². The molecule has 1 aromatic rings. The number of nitrogens with one attached hydrogen (secondary N) is 1. The number of para-hydroxylation sites is 1. The van der Waals surface area contributed by atoms with Crippen molar-refractivity contribution in [2.75, 3.05) is 27.3 Å². The van der Waals surface area contributed by atoms with Crippen LogP contribution in [0.25, 0.3) is 0 Å². The summed E-state index contributed by atoms with van der Waals surface area (Å²) in [4.78, 5) is 11.8. The molecule has 1 aliphatic rings. The van der Waals surface area contributed by atoms with E-state index in [1.54, 1.807) is 7.11 Å². The van der Waals surface area contributed by atoms with Crippen LogP contribution in [0.2, 0.25) is 0 Å². The third-order valence-corrected chi connectivity index (χ3v) is 3.52. The van der Waals surface area contributed by atoms with Gasteiger partial charge in [0, 0.05) is 12.5 Å². The fraction of sp³-hybridized carbons (Fsp3) is 0.500. The first-order valence-electron chi connectivity index (χ1n) is 6.19. The number of carbonyl (C=O) groups is 1. The number of esters is 1. The van der Waals surface area contributed by atoms with Gasteiger partial charge in [-0.25, -0.2) is 0 Å². The molecule has 1 N–H and O–H groups in total. The number of benzene rings is 1. The van der Waals surface area contributed by atoms with Crippen molar-refractivity contribution in [3.63, 3.8) is 0 Å². The molecule has 1 aromatic carbocycles. The van der Waals surface area contributed by atoms with Gasteiger partial charge in [-0.3, -0.25) is 4.79 Å². The standard InChI is InChI=1S/C14H19NO3/c1-17-13-6-4-3-5-11(13)10-7-8-15-9-12(10)14(16)18-2/h3-6,10,12,15H,7-9H2,1-2H3/t10-,12+/m0/s1. The molecule has 0 saturated carbocycles. The lowest BCUT2D eigenvalue weighted by Gasteiger charge is -2.31. The average Bonchev–Trinajstić information content (AvgIpc) is 2.46. The van der Waals surface area contributed by atoms with Crippen LogP contribution in [-0.2, 0) is 9.53 Å². The second-order valence-corrected chi connectivity index (χ2v) is 4.47. The van der Waals surface area contributed by atoms with E-state index < -0.39 is 0 Å². The monoisotopic (exact) mass is 249 g/mol. The van der Waals surface area contributed by atoms with E-state index in [2.05, 4.69) is 5.32 Å². The molecule has 2 atom stereocenters. The van der Waals surface area contributed by atoms with Crippen molar-refractivity contribution < 1.29 is 14.3 Å². The summed E-state index contributed by atoms with van der Waals surface area (Å²) < 4.78 is 10.3. The molecule has 4 nitrogen and oxygen atoms in total. The summed E-state index contributed by atoms with van der Waals surface area (Å²) in [6.45, 7) is 1.57. The molecule has 0 radical (unpaired) electrons. The number of methoxy groups -OCH3 is 2. The van der Waals surface area contributed by atoms with Gasteiger partial charge in [-0.05, 0) is 24.6 Å². The number of piperidine rings is 1. The van der Waals surface area contributed by atoms with Crippen LogP contribution >= 0.6 is 0 Å². The minimum absolute atomic E-state index is 0.139. The van der Waals surface area contributed by atoms with E-state index in [4.69, 9.17) is 9.47 Å². The van der Waals surface area contributed by atoms with Crippen LogP contribution in [0.5, 0.6) is 5.75 Å². The summed E-state index contributed by atoms with van der Waals surface area (Å²) in [6, 6.07) is 7.89. The van der Waals surface area contributed by atoms with Gasteiger partial charge < -0.3 is 14.8 Å². The molecular weight excluding hydrogens is 230 g/mol. The summed E-state index contributed by atoms with van der Waals surface area (Å²) in [6.07, 6.45) is 0.917. The number of carbonyl (C=O) groups excluding carboxylic acids is 1. The molecule has 0 aromatic heterocycles. The summed E-state index contributed by atoms with van der Waals surface area (Å²) in [5.74, 6) is 0.714. The maximum atomic E-state index is 11.8. The van der Waals surface area contributed by atoms with E-state index in [9.17, 15) is 4.79 Å². The molecule has 1 heterocycles. The van der Waals surface area contributed by atoms with E-state index in [1.807, 2.05) is 24.3 Å². The minimum atomic E-state index is -0.155. The van der Waals surface area contributed by atoms with Gasteiger partial charge in [0.05, 0.1) is 20.1 Å². The predicted octanol–water partition coefficient (Wildman–Crippen LogP) is 1.56. The molecular formula is C14H19NO3. The van der Waals surface area contributed by atoms with Crippen molar-refractivity contribution in [3.8, 4) is 5.75 Å². The first-order chi connectivity index (χ1) is 8.77. The summed E-state index contributed by atoms with van der Waals surface area (Å²) in [7, 11) is 3.10. The Labute approximate surface area is 107 Å². The molecule has 1 aliphatic heterocycles. The maximum absolute atomic E-state index is 11.8. The smallest absolute Gasteiger partial charge is 0.310 e. The molecule has 0 amide bonds. The molecule has 1 saturated heterocycles. The molecule has 2 rings (SSSR count). The zero-order valence-corrected chi connectivity index (χ0v) is 10.8. The second kappa shape index (κ2) is 5.87. The Morgan fingerprint density at radius 2 is 2.11 bits per heavy atom. The van der Waals surface area contributed by atoms with E-state index >= 15 is 0 Å². The maximum Gasteiger partial charge on any atom is 0.310 e. The van der Waals surface area contributed by atoms with Crippen molar-refractivity contribution in [3.05, 3.63) is 29.8 Å². The highest BCUT2D eigenvalue weighted by molar-refractivity contribution is 5.74. The Hall–Kier alpha value is -1.55. The van der Waals surface area contributed by atoms with Gasteiger partial charge in [0.1, 0.15) is 5.75 Å². The summed E-state index contributed by atoms with van der Waals surface area (Å²) in [5.41, 5.74) is 1.09. The first-order valence-corrected chi connectivity index (χ1v) is 6.19. The van der Waals surface area contributed by atoms with E-state index in [0.717, 1.165) is 24.3 Å². The average molecular weight is 249 g/mol. The molecule has 0 spiro atoms. The fourth-order valence-corrected chi connectivity index (χ4v) is 2.60. The highest BCUT2D eigenvalue weighted by Gasteiger charge is 2.34. The van der Waals surface area contributed by atoms with Crippen LogP contribution in [0, 0.1) is 5.92 Å². The van der Waals surface area contributed by atoms with Gasteiger partial charge in [0.15, 0.2) is 0 Å². The van der Waals surface area contributed by atoms with Crippen LogP contribution in [0.4, 0.5) is 0 Å². The van der Waals surface area contributed by atoms with Crippen molar-refractivity contribution in [2.45, 2.75) is 12.3 Å². The van der Waals surface area contributed by atoms with Crippen LogP contribution in [0.15, 0.2) is 24.3 Å². The van der Waals surface area contributed by atoms with Gasteiger partial charge in [0.25, 0.3) is 0 Å². The largest absolute Gasteiger partial charge is 0.496 e. The topological polar surface area (TPSA) is 47.6 Å². The molecule has 0 aliphatic carbocycles. The Kier molecular flexibility index (Phi) is 4.20. The summed E-state index contributed by atoms with van der Waals surface area (Å²) in [5, 5.41) is 3.25. The lowest BCUT2D eigenvalue weighted by molar-refractivity contribution is -0.146. The van der Waals surface area contributed by atoms with Crippen LogP contribution in [0.3, 0.4) is 0 Å². The van der Waals surface area contributed by atoms with Gasteiger partial charge in [-0.2, -0.15) is 0 Å². The Bertz CT molecular complexity index is 419. The van der Waals surface area contributed by atoms with Crippen LogP contribution in [0.1, 0.15) is 17.9 Å². The lowest BCUT2D eigenvalue weighted by Crippen LogP contribution is -2.40. The molecule has 4 heteroatoms. The lowest BCUT2D eigenvalue weighted by atomic mass is 9.81. The number of rotatable bonds is 3. The Balaban J connectivity index is 2.30. The highest BCUT2D eigenvalue weighted by Crippen LogP contribution is 2.36. The van der Waals surface area contributed by atoms with Crippen LogP contribution in [-0.4, -0.2) is 33.3 Å². The molecule has 0 unspecified atom stereocenters. The number of ether oxygens (including phenoxy) is 2. The summed E-state index contributed by atoms with van der Waals surface area (Å²) >= 11 is 0. The third kappa shape index (κ3) is 2.48. The molecule has 1 fully saturated rings. The van der Waals surface area contributed by atoms with Crippen molar-refractivity contribution in [2.24, 2.45) is 5.92 Å². The van der Waals surface area contributed by atoms with Crippen molar-refractivity contribution in [1.29, 1.82) is 0 Å². The minimum Gasteiger partial charge on any atom is -0.496 e. The van der Waals surface area contributed by atoms with Crippen LogP contribution < -0.4 is 10.1 Å². The molecule has 18 heavy (non-hydrogen) atoms. The molecule has 98 valence electrons. The first kappa shape index (κ1) is 12.9. The number of hydrogen-bond acceptors (Lipinski definition) is 4. The van der Waals surface area contributed by atoms with Gasteiger partial charge in [0.2, 0.25) is 0 Å². The second-order valence-electron chi connectivity index (χ2n) is 4.47. The SMILES string of the molecule is COC(=O)[C@@H]1CNCC[C@H]1c1ccccc1OC. The zero-order chi connectivity index (χ0) is 13.0. The normalized spacial score (nSPS) is 23.4. The van der Waals surface area contributed by atoms with E-state index in [1.165, 1.54) is 7.11 Å². The van der Waals surface area contributed by atoms with E-state index in [0.29, 0.717) is 6.54 Å². The fourth-order valence-electron chi connectivity index (χ4n) is 2.60. The highest BCUT2D eigenvalue weighted by atomic mass is 16.5.